The van der Waals surface area contributed by atoms with Crippen molar-refractivity contribution in [2.75, 3.05) is 0 Å². The number of nitrogens with zero attached hydrogens (tertiary/aromatic N) is 3. The van der Waals surface area contributed by atoms with E-state index in [9.17, 15) is 9.59 Å². The second-order valence-corrected chi connectivity index (χ2v) is 4.59. The van der Waals surface area contributed by atoms with E-state index in [4.69, 9.17) is 0 Å². The Kier molecular flexibility index (Phi) is 3.78. The maximum absolute atomic E-state index is 12.0. The maximum Gasteiger partial charge on any atom is 0.260 e. The highest BCUT2D eigenvalue weighted by Crippen LogP contribution is 2.06. The van der Waals surface area contributed by atoms with Gasteiger partial charge in [0.15, 0.2) is 0 Å². The summed E-state index contributed by atoms with van der Waals surface area (Å²) in [5, 5.41) is 2.72. The molecule has 3 rings (SSSR count). The van der Waals surface area contributed by atoms with Gasteiger partial charge in [-0.3, -0.25) is 14.2 Å². The number of nitrogens with one attached hydrogen (secondary N) is 2. The smallest absolute Gasteiger partial charge is 0.260 e. The predicted molar refractivity (Wildman–Crippen MR) is 79.6 cm³/mol. The minimum atomic E-state index is -0.414. The molecule has 0 radical (unpaired) electrons. The van der Waals surface area contributed by atoms with E-state index in [2.05, 4.69) is 20.3 Å². The van der Waals surface area contributed by atoms with Crippen LogP contribution in [0.25, 0.3) is 5.82 Å². The average Bonchev–Trinajstić information content (AvgIpc) is 3.08. The Morgan fingerprint density at radius 3 is 3.00 bits per heavy atom. The summed E-state index contributed by atoms with van der Waals surface area (Å²) in [4.78, 5) is 34.2. The van der Waals surface area contributed by atoms with Crippen molar-refractivity contribution in [2.45, 2.75) is 6.54 Å². The Morgan fingerprint density at radius 2 is 2.23 bits per heavy atom. The van der Waals surface area contributed by atoms with Gasteiger partial charge in [0.1, 0.15) is 17.7 Å². The van der Waals surface area contributed by atoms with Gasteiger partial charge in [-0.1, -0.05) is 0 Å². The molecule has 110 valence electrons. The summed E-state index contributed by atoms with van der Waals surface area (Å²) in [6.45, 7) is 0.303. The minimum Gasteiger partial charge on any atom is -0.348 e. The first-order valence-corrected chi connectivity index (χ1v) is 6.63. The van der Waals surface area contributed by atoms with E-state index in [1.54, 1.807) is 41.6 Å². The van der Waals surface area contributed by atoms with Crippen LogP contribution in [0.15, 0.2) is 60.2 Å². The van der Waals surface area contributed by atoms with E-state index >= 15 is 0 Å². The molecule has 0 saturated heterocycles. The highest BCUT2D eigenvalue weighted by molar-refractivity contribution is 5.93. The van der Waals surface area contributed by atoms with E-state index in [-0.39, 0.29) is 5.56 Å². The van der Waals surface area contributed by atoms with Crippen LogP contribution in [0.2, 0.25) is 0 Å². The summed E-state index contributed by atoms with van der Waals surface area (Å²) in [6.07, 6.45) is 8.24. The third-order valence-electron chi connectivity index (χ3n) is 3.09. The molecule has 0 saturated carbocycles. The van der Waals surface area contributed by atoms with Crippen LogP contribution in [0.4, 0.5) is 0 Å². The first kappa shape index (κ1) is 13.7. The number of rotatable bonds is 4. The predicted octanol–water partition coefficient (Wildman–Crippen LogP) is 0.886. The fourth-order valence-corrected chi connectivity index (χ4v) is 1.98. The summed E-state index contributed by atoms with van der Waals surface area (Å²) in [6, 6.07) is 6.74. The normalized spacial score (nSPS) is 10.4. The van der Waals surface area contributed by atoms with Gasteiger partial charge in [0.2, 0.25) is 0 Å². The molecule has 0 aromatic carbocycles. The zero-order valence-corrected chi connectivity index (χ0v) is 11.6. The van der Waals surface area contributed by atoms with Crippen LogP contribution < -0.4 is 10.9 Å². The Hall–Kier alpha value is -3.22. The molecular weight excluding hydrogens is 282 g/mol. The third kappa shape index (κ3) is 2.93. The van der Waals surface area contributed by atoms with Gasteiger partial charge in [-0.15, -0.1) is 0 Å². The van der Waals surface area contributed by atoms with Crippen molar-refractivity contribution in [1.29, 1.82) is 0 Å². The first-order chi connectivity index (χ1) is 10.7. The van der Waals surface area contributed by atoms with E-state index in [1.165, 1.54) is 12.3 Å². The number of carbonyl (C=O) groups excluding carboxylic acids is 1. The summed E-state index contributed by atoms with van der Waals surface area (Å²) >= 11 is 0. The van der Waals surface area contributed by atoms with Gasteiger partial charge in [-0.2, -0.15) is 0 Å². The zero-order chi connectivity index (χ0) is 15.4. The van der Waals surface area contributed by atoms with Gasteiger partial charge in [0.05, 0.1) is 0 Å². The number of hydrogen-bond donors (Lipinski definition) is 2. The molecule has 0 aliphatic heterocycles. The van der Waals surface area contributed by atoms with E-state index in [1.807, 2.05) is 6.07 Å². The van der Waals surface area contributed by atoms with Crippen molar-refractivity contribution in [3.8, 4) is 5.82 Å². The van der Waals surface area contributed by atoms with Gasteiger partial charge in [-0.25, -0.2) is 9.97 Å². The van der Waals surface area contributed by atoms with Crippen molar-refractivity contribution < 1.29 is 4.79 Å². The Morgan fingerprint density at radius 1 is 1.32 bits per heavy atom. The van der Waals surface area contributed by atoms with Gasteiger partial charge >= 0.3 is 0 Å². The molecule has 7 nitrogen and oxygen atoms in total. The number of aromatic amines is 1. The molecule has 0 atom stereocenters. The molecule has 0 spiro atoms. The Bertz CT molecular complexity index is 839. The lowest BCUT2D eigenvalue weighted by molar-refractivity contribution is 0.0949. The number of H-pyrrole nitrogens is 1. The summed E-state index contributed by atoms with van der Waals surface area (Å²) < 4.78 is 1.77. The second-order valence-electron chi connectivity index (χ2n) is 4.59. The number of imidazole rings is 1. The number of amides is 1. The maximum atomic E-state index is 12.0. The highest BCUT2D eigenvalue weighted by Gasteiger charge is 2.09. The number of pyridine rings is 2. The average molecular weight is 295 g/mol. The van der Waals surface area contributed by atoms with Crippen molar-refractivity contribution in [1.82, 2.24) is 24.8 Å². The van der Waals surface area contributed by atoms with E-state index in [0.29, 0.717) is 12.4 Å². The van der Waals surface area contributed by atoms with Crippen LogP contribution in [0, 0.1) is 0 Å². The molecule has 3 aromatic heterocycles. The van der Waals surface area contributed by atoms with Crippen LogP contribution in [-0.4, -0.2) is 25.4 Å². The van der Waals surface area contributed by atoms with Crippen LogP contribution >= 0.6 is 0 Å². The molecule has 0 fully saturated rings. The molecule has 0 unspecified atom stereocenters. The Labute approximate surface area is 125 Å². The molecule has 2 N–H and O–H groups in total. The molecule has 7 heteroatoms. The standard InChI is InChI=1S/C15H13N5O2/c21-14-12(2-1-4-18-14)15(22)19-9-11-3-5-17-13(8-11)20-7-6-16-10-20/h1-8,10H,9H2,(H,18,21)(H,19,22). The highest BCUT2D eigenvalue weighted by atomic mass is 16.2. The third-order valence-corrected chi connectivity index (χ3v) is 3.09. The Balaban J connectivity index is 1.72. The van der Waals surface area contributed by atoms with Crippen LogP contribution in [0.5, 0.6) is 0 Å². The molecule has 3 aromatic rings. The van der Waals surface area contributed by atoms with Crippen LogP contribution in [-0.2, 0) is 6.54 Å². The molecule has 22 heavy (non-hydrogen) atoms. The number of aromatic nitrogens is 4. The molecule has 0 aliphatic rings. The van der Waals surface area contributed by atoms with E-state index in [0.717, 1.165) is 5.56 Å². The fraction of sp³-hybridized carbons (Fsp3) is 0.0667. The molecule has 0 bridgehead atoms. The first-order valence-electron chi connectivity index (χ1n) is 6.63. The van der Waals surface area contributed by atoms with Gasteiger partial charge in [0, 0.05) is 31.3 Å². The van der Waals surface area contributed by atoms with Crippen molar-refractivity contribution >= 4 is 5.91 Å². The summed E-state index contributed by atoms with van der Waals surface area (Å²) in [5.41, 5.74) is 0.555. The molecular formula is C15H13N5O2. The topological polar surface area (TPSA) is 92.7 Å². The van der Waals surface area contributed by atoms with Crippen molar-refractivity contribution in [3.05, 3.63) is 76.9 Å². The van der Waals surface area contributed by atoms with Gasteiger partial charge in [0.25, 0.3) is 11.5 Å². The lowest BCUT2D eigenvalue weighted by Crippen LogP contribution is -2.28. The number of hydrogen-bond acceptors (Lipinski definition) is 4. The lowest BCUT2D eigenvalue weighted by atomic mass is 10.2. The van der Waals surface area contributed by atoms with Crippen molar-refractivity contribution in [3.63, 3.8) is 0 Å². The van der Waals surface area contributed by atoms with Crippen LogP contribution in [0.1, 0.15) is 15.9 Å². The quantitative estimate of drug-likeness (QED) is 0.747. The van der Waals surface area contributed by atoms with E-state index < -0.39 is 11.5 Å². The summed E-state index contributed by atoms with van der Waals surface area (Å²) in [7, 11) is 0. The van der Waals surface area contributed by atoms with Gasteiger partial charge in [-0.05, 0) is 29.8 Å². The number of carbonyl (C=O) groups is 1. The fourth-order valence-electron chi connectivity index (χ4n) is 1.98. The second kappa shape index (κ2) is 6.04. The van der Waals surface area contributed by atoms with Crippen molar-refractivity contribution in [2.24, 2.45) is 0 Å². The largest absolute Gasteiger partial charge is 0.348 e. The lowest BCUT2D eigenvalue weighted by Gasteiger charge is -2.07. The van der Waals surface area contributed by atoms with Crippen LogP contribution in [0.3, 0.4) is 0 Å². The molecule has 0 aliphatic carbocycles. The SMILES string of the molecule is O=C(NCc1ccnc(-n2ccnc2)c1)c1ccc[nH]c1=O. The molecule has 1 amide bonds. The molecule has 3 heterocycles. The summed E-state index contributed by atoms with van der Waals surface area (Å²) in [5.74, 6) is 0.296. The van der Waals surface area contributed by atoms with Gasteiger partial charge < -0.3 is 10.3 Å². The zero-order valence-electron chi connectivity index (χ0n) is 11.6. The monoisotopic (exact) mass is 295 g/mol. The minimum absolute atomic E-state index is 0.0892.